The summed E-state index contributed by atoms with van der Waals surface area (Å²) in [5, 5.41) is 2.84. The number of nitrogens with one attached hydrogen (secondary N) is 1. The van der Waals surface area contributed by atoms with Crippen molar-refractivity contribution in [2.75, 3.05) is 17.1 Å². The topological polar surface area (TPSA) is 66.5 Å². The van der Waals surface area contributed by atoms with Crippen LogP contribution < -0.4 is 9.62 Å². The molecule has 0 saturated heterocycles. The van der Waals surface area contributed by atoms with Gasteiger partial charge in [0.15, 0.2) is 0 Å². The van der Waals surface area contributed by atoms with E-state index in [0.29, 0.717) is 5.69 Å². The largest absolute Gasteiger partial charge is 0.350 e. The quantitative estimate of drug-likeness (QED) is 0.834. The van der Waals surface area contributed by atoms with Crippen molar-refractivity contribution in [3.63, 3.8) is 0 Å². The van der Waals surface area contributed by atoms with Crippen molar-refractivity contribution in [2.24, 2.45) is 0 Å². The summed E-state index contributed by atoms with van der Waals surface area (Å²) in [6, 6.07) is 5.82. The third-order valence-electron chi connectivity index (χ3n) is 3.79. The number of amides is 1. The van der Waals surface area contributed by atoms with Gasteiger partial charge in [-0.15, -0.1) is 0 Å². The predicted octanol–water partition coefficient (Wildman–Crippen LogP) is 3.61. The van der Waals surface area contributed by atoms with E-state index in [1.807, 2.05) is 66.7 Å². The van der Waals surface area contributed by atoms with Crippen LogP contribution in [0.4, 0.5) is 5.69 Å². The Morgan fingerprint density at radius 2 is 1.52 bits per heavy atom. The summed E-state index contributed by atoms with van der Waals surface area (Å²) in [4.78, 5) is 12.4. The normalized spacial score (nSPS) is 12.6. The fourth-order valence-electron chi connectivity index (χ4n) is 2.75. The molecule has 0 radical (unpaired) electrons. The Balaban J connectivity index is 3.50. The maximum Gasteiger partial charge on any atom is 0.241 e. The minimum Gasteiger partial charge on any atom is -0.350 e. The summed E-state index contributed by atoms with van der Waals surface area (Å²) in [6.07, 6.45) is 1.15. The van der Waals surface area contributed by atoms with Gasteiger partial charge in [-0.1, -0.05) is 45.9 Å². The lowest BCUT2D eigenvalue weighted by molar-refractivity contribution is -0.121. The van der Waals surface area contributed by atoms with E-state index in [1.165, 1.54) is 4.31 Å². The molecule has 1 aromatic rings. The molecule has 142 valence electrons. The minimum absolute atomic E-state index is 0.142. The van der Waals surface area contributed by atoms with E-state index in [4.69, 9.17) is 0 Å². The second-order valence-electron chi connectivity index (χ2n) is 8.16. The number of anilines is 1. The monoisotopic (exact) mass is 368 g/mol. The lowest BCUT2D eigenvalue weighted by atomic mass is 9.92. The lowest BCUT2D eigenvalue weighted by Gasteiger charge is -2.30. The van der Waals surface area contributed by atoms with E-state index in [-0.39, 0.29) is 24.3 Å². The fourth-order valence-corrected chi connectivity index (χ4v) is 3.64. The van der Waals surface area contributed by atoms with Gasteiger partial charge >= 0.3 is 0 Å². The smallest absolute Gasteiger partial charge is 0.241 e. The standard InChI is InChI=1S/C19H32N2O3S/c1-13(2)15-10-9-11-16(14(3)4)18(15)21(25(8,23)24)12-17(22)20-19(5,6)7/h9-11,13-14H,12H2,1-8H3,(H,20,22). The Kier molecular flexibility index (Phi) is 6.68. The third kappa shape index (κ3) is 6.03. The molecule has 0 aliphatic heterocycles. The van der Waals surface area contributed by atoms with Gasteiger partial charge in [-0.05, 0) is 43.7 Å². The molecule has 0 saturated carbocycles. The third-order valence-corrected chi connectivity index (χ3v) is 4.91. The Morgan fingerprint density at radius 1 is 1.08 bits per heavy atom. The van der Waals surface area contributed by atoms with Crippen LogP contribution in [0.5, 0.6) is 0 Å². The van der Waals surface area contributed by atoms with Crippen LogP contribution in [-0.2, 0) is 14.8 Å². The summed E-state index contributed by atoms with van der Waals surface area (Å²) < 4.78 is 26.3. The number of hydrogen-bond acceptors (Lipinski definition) is 3. The number of para-hydroxylation sites is 1. The van der Waals surface area contributed by atoms with E-state index < -0.39 is 15.6 Å². The van der Waals surface area contributed by atoms with Gasteiger partial charge in [-0.25, -0.2) is 8.42 Å². The molecule has 0 heterocycles. The van der Waals surface area contributed by atoms with Gasteiger partial charge in [-0.2, -0.15) is 0 Å². The molecule has 6 heteroatoms. The fraction of sp³-hybridized carbons (Fsp3) is 0.632. The summed E-state index contributed by atoms with van der Waals surface area (Å²) in [5.74, 6) is -0.0292. The molecule has 0 aliphatic carbocycles. The number of carbonyl (C=O) groups is 1. The van der Waals surface area contributed by atoms with Crippen LogP contribution >= 0.6 is 0 Å². The van der Waals surface area contributed by atoms with Gasteiger partial charge in [0.05, 0.1) is 11.9 Å². The number of sulfonamides is 1. The van der Waals surface area contributed by atoms with E-state index >= 15 is 0 Å². The van der Waals surface area contributed by atoms with Crippen molar-refractivity contribution >= 4 is 21.6 Å². The highest BCUT2D eigenvalue weighted by atomic mass is 32.2. The van der Waals surface area contributed by atoms with Gasteiger partial charge in [0.1, 0.15) is 6.54 Å². The number of rotatable bonds is 6. The van der Waals surface area contributed by atoms with Crippen molar-refractivity contribution in [3.8, 4) is 0 Å². The zero-order chi connectivity index (χ0) is 19.6. The van der Waals surface area contributed by atoms with Crippen LogP contribution in [-0.4, -0.2) is 32.7 Å². The first-order valence-electron chi connectivity index (χ1n) is 8.65. The maximum atomic E-state index is 12.5. The molecule has 0 aliphatic rings. The van der Waals surface area contributed by atoms with Gasteiger partial charge in [0, 0.05) is 5.54 Å². The van der Waals surface area contributed by atoms with E-state index in [1.54, 1.807) is 0 Å². The first-order chi connectivity index (χ1) is 11.2. The average molecular weight is 369 g/mol. The van der Waals surface area contributed by atoms with Crippen molar-refractivity contribution in [3.05, 3.63) is 29.3 Å². The molecular weight excluding hydrogens is 336 g/mol. The Labute approximate surface area is 152 Å². The van der Waals surface area contributed by atoms with E-state index in [2.05, 4.69) is 5.32 Å². The van der Waals surface area contributed by atoms with Crippen LogP contribution in [0.3, 0.4) is 0 Å². The summed E-state index contributed by atoms with van der Waals surface area (Å²) >= 11 is 0. The van der Waals surface area contributed by atoms with Crippen LogP contribution in [0, 0.1) is 0 Å². The molecule has 5 nitrogen and oxygen atoms in total. The SMILES string of the molecule is CC(C)c1cccc(C(C)C)c1N(CC(=O)NC(C)(C)C)S(C)(=O)=O. The second-order valence-corrected chi connectivity index (χ2v) is 10.1. The predicted molar refractivity (Wildman–Crippen MR) is 105 cm³/mol. The Morgan fingerprint density at radius 3 is 1.84 bits per heavy atom. The molecule has 0 atom stereocenters. The van der Waals surface area contributed by atoms with Crippen LogP contribution in [0.1, 0.15) is 71.4 Å². The number of nitrogens with zero attached hydrogens (tertiary/aromatic N) is 1. The van der Waals surface area contributed by atoms with Crippen molar-refractivity contribution < 1.29 is 13.2 Å². The van der Waals surface area contributed by atoms with Crippen molar-refractivity contribution in [2.45, 2.75) is 65.8 Å². The van der Waals surface area contributed by atoms with E-state index in [9.17, 15) is 13.2 Å². The maximum absolute atomic E-state index is 12.5. The van der Waals surface area contributed by atoms with Crippen LogP contribution in [0.2, 0.25) is 0 Å². The molecule has 25 heavy (non-hydrogen) atoms. The molecule has 1 N–H and O–H groups in total. The second kappa shape index (κ2) is 7.77. The Hall–Kier alpha value is -1.56. The van der Waals surface area contributed by atoms with Crippen molar-refractivity contribution in [1.82, 2.24) is 5.32 Å². The average Bonchev–Trinajstić information content (AvgIpc) is 2.40. The van der Waals surface area contributed by atoms with Gasteiger partial charge < -0.3 is 5.32 Å². The zero-order valence-electron chi connectivity index (χ0n) is 16.7. The minimum atomic E-state index is -3.61. The number of hydrogen-bond donors (Lipinski definition) is 1. The molecular formula is C19H32N2O3S. The zero-order valence-corrected chi connectivity index (χ0v) is 17.5. The van der Waals surface area contributed by atoms with Crippen molar-refractivity contribution in [1.29, 1.82) is 0 Å². The highest BCUT2D eigenvalue weighted by molar-refractivity contribution is 7.92. The molecule has 1 amide bonds. The summed E-state index contributed by atoms with van der Waals surface area (Å²) in [6.45, 7) is 13.5. The molecule has 0 fully saturated rings. The highest BCUT2D eigenvalue weighted by Gasteiger charge is 2.28. The number of carbonyl (C=O) groups excluding carboxylic acids is 1. The number of benzene rings is 1. The molecule has 1 rings (SSSR count). The van der Waals surface area contributed by atoms with Gasteiger partial charge in [0.25, 0.3) is 0 Å². The molecule has 0 aromatic heterocycles. The summed E-state index contributed by atoms with van der Waals surface area (Å²) in [7, 11) is -3.61. The van der Waals surface area contributed by atoms with Gasteiger partial charge in [-0.3, -0.25) is 9.10 Å². The van der Waals surface area contributed by atoms with Crippen LogP contribution in [0.25, 0.3) is 0 Å². The highest BCUT2D eigenvalue weighted by Crippen LogP contribution is 2.36. The lowest BCUT2D eigenvalue weighted by Crippen LogP contribution is -2.47. The first kappa shape index (κ1) is 21.5. The Bertz CT molecular complexity index is 690. The van der Waals surface area contributed by atoms with Crippen LogP contribution in [0.15, 0.2) is 18.2 Å². The van der Waals surface area contributed by atoms with E-state index in [0.717, 1.165) is 17.4 Å². The molecule has 0 spiro atoms. The molecule has 0 bridgehead atoms. The summed E-state index contributed by atoms with van der Waals surface area (Å²) in [5.41, 5.74) is 2.08. The first-order valence-corrected chi connectivity index (χ1v) is 10.5. The molecule has 0 unspecified atom stereocenters. The van der Waals surface area contributed by atoms with Gasteiger partial charge in [0.2, 0.25) is 15.9 Å². The molecule has 1 aromatic carbocycles.